The van der Waals surface area contributed by atoms with E-state index in [9.17, 15) is 9.90 Å². The molecule has 1 aromatic rings. The molecule has 1 atom stereocenters. The van der Waals surface area contributed by atoms with Gasteiger partial charge in [0.1, 0.15) is 5.82 Å². The fourth-order valence-corrected chi connectivity index (χ4v) is 2.08. The molecule has 0 bridgehead atoms. The van der Waals surface area contributed by atoms with Gasteiger partial charge >= 0.3 is 0 Å². The average molecular weight is 315 g/mol. The quantitative estimate of drug-likeness (QED) is 0.771. The summed E-state index contributed by atoms with van der Waals surface area (Å²) in [5, 5.41) is 13.4. The number of amides is 1. The van der Waals surface area contributed by atoms with Gasteiger partial charge in [0, 0.05) is 26.3 Å². The van der Waals surface area contributed by atoms with Gasteiger partial charge in [0.2, 0.25) is 5.91 Å². The van der Waals surface area contributed by atoms with Crippen molar-refractivity contribution in [2.45, 2.75) is 12.5 Å². The van der Waals surface area contributed by atoms with Gasteiger partial charge < -0.3 is 20.2 Å². The van der Waals surface area contributed by atoms with E-state index in [-0.39, 0.29) is 19.0 Å². The molecular formula is C14H23ClN4O2. The molecule has 1 heterocycles. The van der Waals surface area contributed by atoms with Crippen molar-refractivity contribution in [1.82, 2.24) is 15.2 Å². The lowest BCUT2D eigenvalue weighted by Crippen LogP contribution is -2.48. The lowest BCUT2D eigenvalue weighted by molar-refractivity contribution is -0.121. The first-order chi connectivity index (χ1) is 9.69. The number of carbonyl (C=O) groups is 1. The number of halogens is 1. The van der Waals surface area contributed by atoms with E-state index >= 15 is 0 Å². The highest BCUT2D eigenvalue weighted by Crippen LogP contribution is 2.12. The van der Waals surface area contributed by atoms with Crippen molar-refractivity contribution >= 4 is 23.3 Å². The molecule has 1 unspecified atom stereocenters. The van der Waals surface area contributed by atoms with Crippen LogP contribution in [0, 0.1) is 0 Å². The minimum Gasteiger partial charge on any atom is -0.387 e. The van der Waals surface area contributed by atoms with Gasteiger partial charge in [0.15, 0.2) is 0 Å². The Bertz CT molecular complexity index is 463. The normalized spacial score (nSPS) is 13.9. The minimum atomic E-state index is -0.962. The molecule has 118 valence electrons. The maximum Gasteiger partial charge on any atom is 0.239 e. The number of nitrogens with one attached hydrogen (secondary N) is 1. The molecule has 1 aromatic heterocycles. The van der Waals surface area contributed by atoms with Crippen molar-refractivity contribution in [2.75, 3.05) is 45.7 Å². The van der Waals surface area contributed by atoms with Crippen LogP contribution in [0.25, 0.3) is 0 Å². The fraction of sp³-hybridized carbons (Fsp3) is 0.571. The summed E-state index contributed by atoms with van der Waals surface area (Å²) in [4.78, 5) is 19.6. The second-order valence-corrected chi connectivity index (χ2v) is 6.14. The molecule has 6 nitrogen and oxygen atoms in total. The van der Waals surface area contributed by atoms with Crippen LogP contribution in [0.4, 0.5) is 5.82 Å². The van der Waals surface area contributed by atoms with E-state index in [0.717, 1.165) is 0 Å². The molecule has 0 saturated carbocycles. The third kappa shape index (κ3) is 6.75. The summed E-state index contributed by atoms with van der Waals surface area (Å²) in [6.07, 6.45) is 1.53. The Labute approximate surface area is 130 Å². The van der Waals surface area contributed by atoms with Gasteiger partial charge in [-0.15, -0.1) is 0 Å². The third-order valence-corrected chi connectivity index (χ3v) is 3.03. The molecule has 0 aliphatic rings. The second-order valence-electron chi connectivity index (χ2n) is 5.70. The molecule has 2 N–H and O–H groups in total. The number of aromatic nitrogens is 1. The van der Waals surface area contributed by atoms with Gasteiger partial charge in [-0.1, -0.05) is 11.6 Å². The molecule has 1 amide bonds. The molecule has 0 saturated heterocycles. The highest BCUT2D eigenvalue weighted by molar-refractivity contribution is 6.30. The Hall–Kier alpha value is -1.37. The highest BCUT2D eigenvalue weighted by atomic mass is 35.5. The van der Waals surface area contributed by atoms with Crippen LogP contribution in [0.1, 0.15) is 6.92 Å². The zero-order valence-corrected chi connectivity index (χ0v) is 13.7. The molecule has 0 aromatic carbocycles. The first kappa shape index (κ1) is 17.7. The SMILES string of the molecule is CN(C)CC(C)(O)CNC(=O)CN(C)c1ccc(Cl)cn1. The summed E-state index contributed by atoms with van der Waals surface area (Å²) in [6, 6.07) is 3.47. The number of pyridine rings is 1. The molecule has 7 heteroatoms. The van der Waals surface area contributed by atoms with Crippen LogP contribution >= 0.6 is 11.6 Å². The van der Waals surface area contributed by atoms with Crippen LogP contribution in [-0.4, -0.2) is 67.3 Å². The summed E-state index contributed by atoms with van der Waals surface area (Å²) in [5.74, 6) is 0.489. The van der Waals surface area contributed by atoms with Gasteiger partial charge in [-0.3, -0.25) is 4.79 Å². The lowest BCUT2D eigenvalue weighted by Gasteiger charge is -2.27. The lowest BCUT2D eigenvalue weighted by atomic mass is 10.1. The van der Waals surface area contributed by atoms with Crippen molar-refractivity contribution in [3.63, 3.8) is 0 Å². The number of likely N-dealkylation sites (N-methyl/N-ethyl adjacent to an activating group) is 2. The number of hydrogen-bond acceptors (Lipinski definition) is 5. The van der Waals surface area contributed by atoms with E-state index in [1.807, 2.05) is 19.0 Å². The molecule has 21 heavy (non-hydrogen) atoms. The predicted molar refractivity (Wildman–Crippen MR) is 84.7 cm³/mol. The summed E-state index contributed by atoms with van der Waals surface area (Å²) in [5.41, 5.74) is -0.962. The van der Waals surface area contributed by atoms with E-state index < -0.39 is 5.60 Å². The average Bonchev–Trinajstić information content (AvgIpc) is 2.36. The van der Waals surface area contributed by atoms with E-state index in [0.29, 0.717) is 17.4 Å². The molecule has 1 rings (SSSR count). The zero-order valence-electron chi connectivity index (χ0n) is 12.9. The van der Waals surface area contributed by atoms with Gasteiger partial charge in [-0.25, -0.2) is 4.98 Å². The van der Waals surface area contributed by atoms with Crippen LogP contribution in [0.15, 0.2) is 18.3 Å². The summed E-state index contributed by atoms with van der Waals surface area (Å²) < 4.78 is 0. The number of aliphatic hydroxyl groups is 1. The molecule has 0 spiro atoms. The van der Waals surface area contributed by atoms with Crippen LogP contribution in [0.2, 0.25) is 5.02 Å². The Kier molecular flexibility index (Phi) is 6.39. The van der Waals surface area contributed by atoms with E-state index in [1.54, 1.807) is 31.0 Å². The second kappa shape index (κ2) is 7.59. The number of rotatable bonds is 7. The van der Waals surface area contributed by atoms with E-state index in [4.69, 9.17) is 11.6 Å². The molecule has 0 aliphatic heterocycles. The van der Waals surface area contributed by atoms with Gasteiger partial charge in [-0.2, -0.15) is 0 Å². The zero-order chi connectivity index (χ0) is 16.0. The van der Waals surface area contributed by atoms with Gasteiger partial charge in [0.05, 0.1) is 17.2 Å². The van der Waals surface area contributed by atoms with Crippen LogP contribution in [-0.2, 0) is 4.79 Å². The maximum absolute atomic E-state index is 11.9. The Morgan fingerprint density at radius 1 is 1.43 bits per heavy atom. The van der Waals surface area contributed by atoms with Crippen molar-refractivity contribution in [1.29, 1.82) is 0 Å². The summed E-state index contributed by atoms with van der Waals surface area (Å²) in [7, 11) is 5.51. The number of nitrogens with zero attached hydrogens (tertiary/aromatic N) is 3. The van der Waals surface area contributed by atoms with Crippen LogP contribution in [0.3, 0.4) is 0 Å². The van der Waals surface area contributed by atoms with Crippen molar-refractivity contribution in [2.24, 2.45) is 0 Å². The first-order valence-electron chi connectivity index (χ1n) is 6.66. The largest absolute Gasteiger partial charge is 0.387 e. The third-order valence-electron chi connectivity index (χ3n) is 2.81. The first-order valence-corrected chi connectivity index (χ1v) is 7.04. The Morgan fingerprint density at radius 3 is 2.62 bits per heavy atom. The number of carbonyl (C=O) groups excluding carboxylic acids is 1. The molecular weight excluding hydrogens is 292 g/mol. The minimum absolute atomic E-state index is 0.159. The predicted octanol–water partition coefficient (Wildman–Crippen LogP) is 0.600. The summed E-state index contributed by atoms with van der Waals surface area (Å²) >= 11 is 5.77. The van der Waals surface area contributed by atoms with Gasteiger partial charge in [0.25, 0.3) is 0 Å². The van der Waals surface area contributed by atoms with E-state index in [1.165, 1.54) is 6.20 Å². The van der Waals surface area contributed by atoms with Crippen molar-refractivity contribution in [3.8, 4) is 0 Å². The maximum atomic E-state index is 11.9. The fourth-order valence-electron chi connectivity index (χ4n) is 1.97. The Balaban J connectivity index is 2.44. The molecule has 0 aliphatic carbocycles. The number of hydrogen-bond donors (Lipinski definition) is 2. The smallest absolute Gasteiger partial charge is 0.239 e. The highest BCUT2D eigenvalue weighted by Gasteiger charge is 2.22. The Morgan fingerprint density at radius 2 is 2.10 bits per heavy atom. The molecule has 0 fully saturated rings. The number of anilines is 1. The standard InChI is InChI=1S/C14H23ClN4O2/c1-14(21,10-18(2)3)9-17-13(20)8-19(4)12-6-5-11(15)7-16-12/h5-7,21H,8-10H2,1-4H3,(H,17,20). The van der Waals surface area contributed by atoms with Crippen molar-refractivity contribution < 1.29 is 9.90 Å². The van der Waals surface area contributed by atoms with Gasteiger partial charge in [-0.05, 0) is 33.2 Å². The van der Waals surface area contributed by atoms with Crippen LogP contribution in [0.5, 0.6) is 0 Å². The van der Waals surface area contributed by atoms with Crippen LogP contribution < -0.4 is 10.2 Å². The van der Waals surface area contributed by atoms with E-state index in [2.05, 4.69) is 10.3 Å². The molecule has 0 radical (unpaired) electrons. The van der Waals surface area contributed by atoms with Crippen molar-refractivity contribution in [3.05, 3.63) is 23.4 Å². The topological polar surface area (TPSA) is 68.7 Å². The summed E-state index contributed by atoms with van der Waals surface area (Å²) in [6.45, 7) is 2.53. The monoisotopic (exact) mass is 314 g/mol.